The Kier molecular flexibility index (Phi) is 5.85. The molecule has 0 aliphatic heterocycles. The van der Waals surface area contributed by atoms with Gasteiger partial charge in [-0.3, -0.25) is 4.79 Å². The van der Waals surface area contributed by atoms with Gasteiger partial charge in [-0.15, -0.1) is 0 Å². The summed E-state index contributed by atoms with van der Waals surface area (Å²) in [6.07, 6.45) is 2.47. The topological polar surface area (TPSA) is 97.1 Å². The molecule has 0 spiro atoms. The lowest BCUT2D eigenvalue weighted by Crippen LogP contribution is -2.41. The maximum Gasteiger partial charge on any atom is 0.326 e. The van der Waals surface area contributed by atoms with Gasteiger partial charge in [0, 0.05) is 18.4 Å². The van der Waals surface area contributed by atoms with E-state index in [1.54, 1.807) is 11.8 Å². The molecule has 2 aromatic carbocycles. The number of amides is 1. The third-order valence-electron chi connectivity index (χ3n) is 5.06. The first-order chi connectivity index (χ1) is 14.6. The van der Waals surface area contributed by atoms with Crippen molar-refractivity contribution in [2.75, 3.05) is 12.0 Å². The van der Waals surface area contributed by atoms with Gasteiger partial charge >= 0.3 is 5.97 Å². The molecule has 7 nitrogen and oxygen atoms in total. The molecule has 2 aromatic heterocycles. The fraction of sp³-hybridized carbons (Fsp3) is 0.273. The van der Waals surface area contributed by atoms with E-state index < -0.39 is 12.0 Å². The SMILES string of the molecule is CSCCC(NC(=O)CCn1c2ccccc2c2nc3ccccc3nc21)C(=O)O. The van der Waals surface area contributed by atoms with Crippen molar-refractivity contribution >= 4 is 56.7 Å². The Morgan fingerprint density at radius 1 is 1.10 bits per heavy atom. The van der Waals surface area contributed by atoms with Gasteiger partial charge in [0.2, 0.25) is 5.91 Å². The zero-order valence-electron chi connectivity index (χ0n) is 16.5. The molecular formula is C22H22N4O3S. The summed E-state index contributed by atoms with van der Waals surface area (Å²) in [6.45, 7) is 0.387. The van der Waals surface area contributed by atoms with Crippen LogP contribution in [0.3, 0.4) is 0 Å². The molecule has 0 aliphatic rings. The largest absolute Gasteiger partial charge is 0.480 e. The van der Waals surface area contributed by atoms with Gasteiger partial charge in [-0.1, -0.05) is 30.3 Å². The average Bonchev–Trinajstić information content (AvgIpc) is 3.06. The van der Waals surface area contributed by atoms with Crippen LogP contribution in [0.25, 0.3) is 33.1 Å². The molecule has 2 N–H and O–H groups in total. The number of nitrogens with zero attached hydrogens (tertiary/aromatic N) is 3. The Morgan fingerprint density at radius 2 is 1.80 bits per heavy atom. The number of para-hydroxylation sites is 3. The number of benzene rings is 2. The summed E-state index contributed by atoms with van der Waals surface area (Å²) in [4.78, 5) is 33.5. The molecule has 0 saturated heterocycles. The fourth-order valence-electron chi connectivity index (χ4n) is 3.58. The van der Waals surface area contributed by atoms with Crippen molar-refractivity contribution in [2.24, 2.45) is 0 Å². The molecule has 0 radical (unpaired) electrons. The zero-order valence-corrected chi connectivity index (χ0v) is 17.4. The van der Waals surface area contributed by atoms with Crippen LogP contribution in [-0.4, -0.2) is 49.6 Å². The molecule has 30 heavy (non-hydrogen) atoms. The van der Waals surface area contributed by atoms with Crippen LogP contribution < -0.4 is 5.32 Å². The molecule has 4 aromatic rings. The van der Waals surface area contributed by atoms with E-state index in [1.165, 1.54) is 0 Å². The predicted molar refractivity (Wildman–Crippen MR) is 120 cm³/mol. The van der Waals surface area contributed by atoms with Gasteiger partial charge < -0.3 is 15.0 Å². The quantitative estimate of drug-likeness (QED) is 0.451. The van der Waals surface area contributed by atoms with Crippen LogP contribution in [0.2, 0.25) is 0 Å². The average molecular weight is 423 g/mol. The highest BCUT2D eigenvalue weighted by Crippen LogP contribution is 2.28. The summed E-state index contributed by atoms with van der Waals surface area (Å²) in [7, 11) is 0. The maximum absolute atomic E-state index is 12.5. The Balaban J connectivity index is 1.64. The minimum Gasteiger partial charge on any atom is -0.480 e. The van der Waals surface area contributed by atoms with Gasteiger partial charge in [-0.2, -0.15) is 11.8 Å². The molecule has 4 rings (SSSR count). The van der Waals surface area contributed by atoms with Crippen molar-refractivity contribution in [2.45, 2.75) is 25.4 Å². The second kappa shape index (κ2) is 8.71. The molecule has 0 saturated carbocycles. The van der Waals surface area contributed by atoms with Crippen molar-refractivity contribution in [3.05, 3.63) is 48.5 Å². The number of aliphatic carboxylic acids is 1. The van der Waals surface area contributed by atoms with E-state index in [0.717, 1.165) is 33.1 Å². The first-order valence-electron chi connectivity index (χ1n) is 9.73. The number of aryl methyl sites for hydroxylation is 1. The lowest BCUT2D eigenvalue weighted by atomic mass is 10.2. The van der Waals surface area contributed by atoms with Crippen LogP contribution in [0.1, 0.15) is 12.8 Å². The van der Waals surface area contributed by atoms with E-state index in [2.05, 4.69) is 5.32 Å². The molecule has 8 heteroatoms. The number of rotatable bonds is 8. The maximum atomic E-state index is 12.5. The number of nitrogens with one attached hydrogen (secondary N) is 1. The van der Waals surface area contributed by atoms with Crippen molar-refractivity contribution in [3.63, 3.8) is 0 Å². The number of carboxylic acids is 1. The number of carbonyl (C=O) groups excluding carboxylic acids is 1. The Labute approximate surface area is 177 Å². The molecule has 1 atom stereocenters. The van der Waals surface area contributed by atoms with E-state index in [0.29, 0.717) is 18.7 Å². The minimum atomic E-state index is -1.01. The number of aromatic nitrogens is 3. The molecule has 0 fully saturated rings. The Morgan fingerprint density at radius 3 is 2.53 bits per heavy atom. The monoisotopic (exact) mass is 422 g/mol. The normalized spacial score (nSPS) is 12.4. The summed E-state index contributed by atoms with van der Waals surface area (Å²) < 4.78 is 1.99. The van der Waals surface area contributed by atoms with Crippen LogP contribution in [0.4, 0.5) is 0 Å². The van der Waals surface area contributed by atoms with Crippen LogP contribution in [0.15, 0.2) is 48.5 Å². The number of fused-ring (bicyclic) bond motifs is 4. The van der Waals surface area contributed by atoms with E-state index in [1.807, 2.05) is 59.4 Å². The van der Waals surface area contributed by atoms with E-state index in [4.69, 9.17) is 9.97 Å². The van der Waals surface area contributed by atoms with Crippen LogP contribution in [0, 0.1) is 0 Å². The highest BCUT2D eigenvalue weighted by molar-refractivity contribution is 7.98. The Hall–Kier alpha value is -3.13. The van der Waals surface area contributed by atoms with Gasteiger partial charge in [-0.25, -0.2) is 14.8 Å². The van der Waals surface area contributed by atoms with Crippen molar-refractivity contribution in [1.29, 1.82) is 0 Å². The molecule has 154 valence electrons. The lowest BCUT2D eigenvalue weighted by molar-refractivity contribution is -0.141. The van der Waals surface area contributed by atoms with Crippen molar-refractivity contribution in [1.82, 2.24) is 19.9 Å². The molecule has 1 amide bonds. The number of carboxylic acid groups (broad SMARTS) is 1. The van der Waals surface area contributed by atoms with Gasteiger partial charge in [0.15, 0.2) is 5.65 Å². The highest BCUT2D eigenvalue weighted by atomic mass is 32.2. The van der Waals surface area contributed by atoms with Gasteiger partial charge in [0.05, 0.1) is 16.6 Å². The summed E-state index contributed by atoms with van der Waals surface area (Å²) in [5.41, 5.74) is 4.09. The van der Waals surface area contributed by atoms with E-state index in [-0.39, 0.29) is 12.3 Å². The smallest absolute Gasteiger partial charge is 0.326 e. The predicted octanol–water partition coefficient (Wildman–Crippen LogP) is 3.45. The Bertz CT molecular complexity index is 1240. The van der Waals surface area contributed by atoms with Gasteiger partial charge in [-0.05, 0) is 36.6 Å². The number of hydrogen-bond donors (Lipinski definition) is 2. The summed E-state index contributed by atoms with van der Waals surface area (Å²) in [5, 5.41) is 13.0. The number of thioether (sulfide) groups is 1. The number of hydrogen-bond acceptors (Lipinski definition) is 5. The summed E-state index contributed by atoms with van der Waals surface area (Å²) in [6, 6.07) is 14.7. The molecular weight excluding hydrogens is 400 g/mol. The molecule has 0 aliphatic carbocycles. The van der Waals surface area contributed by atoms with Crippen molar-refractivity contribution < 1.29 is 14.7 Å². The fourth-order valence-corrected chi connectivity index (χ4v) is 4.05. The van der Waals surface area contributed by atoms with E-state index >= 15 is 0 Å². The number of carbonyl (C=O) groups is 2. The summed E-state index contributed by atoms with van der Waals surface area (Å²) >= 11 is 1.56. The van der Waals surface area contributed by atoms with Gasteiger partial charge in [0.25, 0.3) is 0 Å². The van der Waals surface area contributed by atoms with E-state index in [9.17, 15) is 14.7 Å². The first kappa shape index (κ1) is 20.2. The molecule has 2 heterocycles. The summed E-state index contributed by atoms with van der Waals surface area (Å²) in [5.74, 6) is -0.623. The van der Waals surface area contributed by atoms with Crippen molar-refractivity contribution in [3.8, 4) is 0 Å². The molecule has 1 unspecified atom stereocenters. The second-order valence-corrected chi connectivity index (χ2v) is 8.03. The van der Waals surface area contributed by atoms with Crippen LogP contribution in [-0.2, 0) is 16.1 Å². The zero-order chi connectivity index (χ0) is 21.1. The van der Waals surface area contributed by atoms with Gasteiger partial charge in [0.1, 0.15) is 11.6 Å². The third-order valence-corrected chi connectivity index (χ3v) is 5.71. The second-order valence-electron chi connectivity index (χ2n) is 7.04. The third kappa shape index (κ3) is 3.95. The standard InChI is InChI=1S/C22H22N4O3S/c1-30-13-11-17(22(28)29)23-19(27)10-12-26-18-9-5-2-6-14(18)20-21(26)25-16-8-4-3-7-15(16)24-20/h2-9,17H,10-13H2,1H3,(H,23,27)(H,28,29). The lowest BCUT2D eigenvalue weighted by Gasteiger charge is -2.14. The van der Waals surface area contributed by atoms with Crippen LogP contribution in [0.5, 0.6) is 0 Å². The first-order valence-corrected chi connectivity index (χ1v) is 11.1. The van der Waals surface area contributed by atoms with Crippen LogP contribution >= 0.6 is 11.8 Å². The minimum absolute atomic E-state index is 0.158. The highest BCUT2D eigenvalue weighted by Gasteiger charge is 2.20. The molecule has 0 bridgehead atoms.